The van der Waals surface area contributed by atoms with Crippen LogP contribution >= 0.6 is 0 Å². The molecule has 0 radical (unpaired) electrons. The summed E-state index contributed by atoms with van der Waals surface area (Å²) in [5.74, 6) is 0.935. The molecule has 2 heterocycles. The van der Waals surface area contributed by atoms with E-state index in [9.17, 15) is 0 Å². The van der Waals surface area contributed by atoms with E-state index in [0.29, 0.717) is 13.2 Å². The number of aryl methyl sites for hydroxylation is 1. The largest absolute Gasteiger partial charge is 0.488 e. The summed E-state index contributed by atoms with van der Waals surface area (Å²) in [6.45, 7) is 3.06. The number of nitrogens with two attached hydrogens (primary N) is 1. The molecule has 0 saturated heterocycles. The van der Waals surface area contributed by atoms with Crippen LogP contribution in [0.1, 0.15) is 16.8 Å². The molecule has 3 rings (SSSR count). The first kappa shape index (κ1) is 9.42. The molecule has 82 valence electrons. The van der Waals surface area contributed by atoms with Crippen molar-refractivity contribution < 1.29 is 4.74 Å². The first-order valence-corrected chi connectivity index (χ1v) is 5.30. The molecule has 0 spiro atoms. The van der Waals surface area contributed by atoms with Crippen molar-refractivity contribution in [2.75, 3.05) is 0 Å². The Kier molecular flexibility index (Phi) is 1.97. The maximum absolute atomic E-state index is 5.77. The van der Waals surface area contributed by atoms with E-state index in [-0.39, 0.29) is 0 Å². The molecule has 1 aliphatic rings. The molecule has 1 aromatic carbocycles. The van der Waals surface area contributed by atoms with Crippen LogP contribution in [-0.4, -0.2) is 10.2 Å². The van der Waals surface area contributed by atoms with Gasteiger partial charge in [-0.05, 0) is 18.6 Å². The molecule has 4 nitrogen and oxygen atoms in total. The Labute approximate surface area is 93.4 Å². The lowest BCUT2D eigenvalue weighted by Gasteiger charge is -2.19. The van der Waals surface area contributed by atoms with Crippen LogP contribution in [-0.2, 0) is 13.2 Å². The predicted octanol–water partition coefficient (Wildman–Crippen LogP) is 1.74. The number of fused-ring (bicyclic) bond motifs is 3. The summed E-state index contributed by atoms with van der Waals surface area (Å²) in [5, 5.41) is 7.30. The molecule has 0 bridgehead atoms. The van der Waals surface area contributed by atoms with E-state index in [1.54, 1.807) is 0 Å². The van der Waals surface area contributed by atoms with Gasteiger partial charge in [0.05, 0.1) is 5.69 Å². The van der Waals surface area contributed by atoms with Crippen LogP contribution in [0.15, 0.2) is 18.2 Å². The number of ether oxygens (including phenoxy) is 1. The van der Waals surface area contributed by atoms with Crippen molar-refractivity contribution in [2.45, 2.75) is 20.1 Å². The standard InChI is InChI=1S/C12H13N3O/c1-7-3-2-4-8-11-9(6-16-12(7)8)10(5-13)14-15-11/h2-4H,5-6,13H2,1H3,(H,14,15). The number of nitrogens with one attached hydrogen (secondary N) is 1. The third kappa shape index (κ3) is 1.17. The smallest absolute Gasteiger partial charge is 0.132 e. The van der Waals surface area contributed by atoms with Gasteiger partial charge in [-0.3, -0.25) is 5.10 Å². The van der Waals surface area contributed by atoms with Crippen molar-refractivity contribution in [1.29, 1.82) is 0 Å². The molecular weight excluding hydrogens is 202 g/mol. The molecule has 0 unspecified atom stereocenters. The molecule has 1 aliphatic heterocycles. The molecule has 1 aromatic heterocycles. The minimum absolute atomic E-state index is 0.465. The number of nitrogens with zero attached hydrogens (tertiary/aromatic N) is 1. The van der Waals surface area contributed by atoms with Gasteiger partial charge in [-0.2, -0.15) is 5.10 Å². The van der Waals surface area contributed by atoms with Gasteiger partial charge in [0.2, 0.25) is 0 Å². The Morgan fingerprint density at radius 2 is 2.38 bits per heavy atom. The molecular formula is C12H13N3O. The van der Waals surface area contributed by atoms with Gasteiger partial charge in [0.1, 0.15) is 18.1 Å². The molecule has 0 fully saturated rings. The van der Waals surface area contributed by atoms with Crippen LogP contribution in [0.25, 0.3) is 11.3 Å². The quantitative estimate of drug-likeness (QED) is 0.761. The fourth-order valence-corrected chi connectivity index (χ4v) is 2.12. The van der Waals surface area contributed by atoms with Crippen molar-refractivity contribution in [2.24, 2.45) is 5.73 Å². The van der Waals surface area contributed by atoms with Crippen LogP contribution in [0.5, 0.6) is 5.75 Å². The van der Waals surface area contributed by atoms with Gasteiger partial charge in [-0.25, -0.2) is 0 Å². The average Bonchev–Trinajstić information content (AvgIpc) is 2.72. The number of aromatic nitrogens is 2. The second-order valence-corrected chi connectivity index (χ2v) is 3.97. The topological polar surface area (TPSA) is 63.9 Å². The Bertz CT molecular complexity index is 545. The molecule has 0 saturated carbocycles. The predicted molar refractivity (Wildman–Crippen MR) is 61.0 cm³/mol. The van der Waals surface area contributed by atoms with Gasteiger partial charge < -0.3 is 10.5 Å². The van der Waals surface area contributed by atoms with Crippen LogP contribution in [0.2, 0.25) is 0 Å². The zero-order valence-electron chi connectivity index (χ0n) is 9.08. The second-order valence-electron chi connectivity index (χ2n) is 3.97. The lowest BCUT2D eigenvalue weighted by atomic mass is 10.0. The van der Waals surface area contributed by atoms with E-state index in [4.69, 9.17) is 10.5 Å². The molecule has 3 N–H and O–H groups in total. The normalized spacial score (nSPS) is 12.9. The van der Waals surface area contributed by atoms with Crippen molar-refractivity contribution >= 4 is 0 Å². The summed E-state index contributed by atoms with van der Waals surface area (Å²) in [6, 6.07) is 6.09. The summed E-state index contributed by atoms with van der Waals surface area (Å²) in [6.07, 6.45) is 0. The highest BCUT2D eigenvalue weighted by Crippen LogP contribution is 2.39. The number of aromatic amines is 1. The third-order valence-electron chi connectivity index (χ3n) is 2.98. The minimum Gasteiger partial charge on any atom is -0.488 e. The number of benzene rings is 1. The zero-order valence-corrected chi connectivity index (χ0v) is 9.08. The fraction of sp³-hybridized carbons (Fsp3) is 0.250. The summed E-state index contributed by atoms with van der Waals surface area (Å²) in [4.78, 5) is 0. The highest BCUT2D eigenvalue weighted by Gasteiger charge is 2.23. The van der Waals surface area contributed by atoms with Crippen LogP contribution in [0.4, 0.5) is 0 Å². The summed E-state index contributed by atoms with van der Waals surface area (Å²) < 4.78 is 5.77. The highest BCUT2D eigenvalue weighted by molar-refractivity contribution is 5.73. The van der Waals surface area contributed by atoms with E-state index < -0.39 is 0 Å². The summed E-state index contributed by atoms with van der Waals surface area (Å²) >= 11 is 0. The molecule has 16 heavy (non-hydrogen) atoms. The van der Waals surface area contributed by atoms with Crippen molar-refractivity contribution in [3.8, 4) is 17.0 Å². The van der Waals surface area contributed by atoms with Crippen molar-refractivity contribution in [3.63, 3.8) is 0 Å². The average molecular weight is 215 g/mol. The second kappa shape index (κ2) is 3.35. The van der Waals surface area contributed by atoms with E-state index in [0.717, 1.165) is 33.8 Å². The number of hydrogen-bond donors (Lipinski definition) is 2. The molecule has 4 heteroatoms. The van der Waals surface area contributed by atoms with Crippen LogP contribution in [0, 0.1) is 6.92 Å². The first-order chi connectivity index (χ1) is 7.81. The monoisotopic (exact) mass is 215 g/mol. The number of para-hydroxylation sites is 1. The zero-order chi connectivity index (χ0) is 11.1. The van der Waals surface area contributed by atoms with Crippen molar-refractivity contribution in [3.05, 3.63) is 35.0 Å². The molecule has 2 aromatic rings. The molecule has 0 amide bonds. The van der Waals surface area contributed by atoms with Gasteiger partial charge in [-0.15, -0.1) is 0 Å². The lowest BCUT2D eigenvalue weighted by Crippen LogP contribution is -2.09. The SMILES string of the molecule is Cc1cccc2c1OCc1c-2n[nH]c1CN. The van der Waals surface area contributed by atoms with Gasteiger partial charge in [0.25, 0.3) is 0 Å². The van der Waals surface area contributed by atoms with Gasteiger partial charge in [-0.1, -0.05) is 12.1 Å². The third-order valence-corrected chi connectivity index (χ3v) is 2.98. The van der Waals surface area contributed by atoms with E-state index >= 15 is 0 Å². The van der Waals surface area contributed by atoms with Crippen LogP contribution < -0.4 is 10.5 Å². The van der Waals surface area contributed by atoms with Crippen molar-refractivity contribution in [1.82, 2.24) is 10.2 Å². The Morgan fingerprint density at radius 3 is 3.19 bits per heavy atom. The van der Waals surface area contributed by atoms with E-state index in [2.05, 4.69) is 10.2 Å². The van der Waals surface area contributed by atoms with Gasteiger partial charge in [0, 0.05) is 17.7 Å². The molecule has 0 atom stereocenters. The molecule has 0 aliphatic carbocycles. The Morgan fingerprint density at radius 1 is 1.50 bits per heavy atom. The highest BCUT2D eigenvalue weighted by atomic mass is 16.5. The first-order valence-electron chi connectivity index (χ1n) is 5.30. The van der Waals surface area contributed by atoms with E-state index in [1.165, 1.54) is 0 Å². The van der Waals surface area contributed by atoms with Gasteiger partial charge >= 0.3 is 0 Å². The van der Waals surface area contributed by atoms with Crippen LogP contribution in [0.3, 0.4) is 0 Å². The fourth-order valence-electron chi connectivity index (χ4n) is 2.12. The summed E-state index contributed by atoms with van der Waals surface area (Å²) in [7, 11) is 0. The minimum atomic E-state index is 0.465. The number of hydrogen-bond acceptors (Lipinski definition) is 3. The number of H-pyrrole nitrogens is 1. The van der Waals surface area contributed by atoms with Gasteiger partial charge in [0.15, 0.2) is 0 Å². The van der Waals surface area contributed by atoms with E-state index in [1.807, 2.05) is 25.1 Å². The lowest BCUT2D eigenvalue weighted by molar-refractivity contribution is 0.299. The summed E-state index contributed by atoms with van der Waals surface area (Å²) in [5.41, 5.74) is 10.9. The number of rotatable bonds is 1. The Hall–Kier alpha value is -1.81. The Balaban J connectivity index is 2.24. The maximum atomic E-state index is 5.77. The maximum Gasteiger partial charge on any atom is 0.132 e.